The molecular formula is C13H22ClN3OS. The molecule has 108 valence electrons. The molecule has 6 heteroatoms. The van der Waals surface area contributed by atoms with Crippen molar-refractivity contribution in [1.82, 2.24) is 15.5 Å². The van der Waals surface area contributed by atoms with Gasteiger partial charge in [0.25, 0.3) is 0 Å². The van der Waals surface area contributed by atoms with Crippen LogP contribution in [0.1, 0.15) is 18.7 Å². The van der Waals surface area contributed by atoms with Crippen molar-refractivity contribution in [2.45, 2.75) is 32.5 Å². The summed E-state index contributed by atoms with van der Waals surface area (Å²) in [5, 5.41) is 8.47. The van der Waals surface area contributed by atoms with Crippen LogP contribution in [0.3, 0.4) is 0 Å². The van der Waals surface area contributed by atoms with Gasteiger partial charge in [-0.1, -0.05) is 6.07 Å². The van der Waals surface area contributed by atoms with Gasteiger partial charge in [0, 0.05) is 30.1 Å². The molecule has 2 atom stereocenters. The summed E-state index contributed by atoms with van der Waals surface area (Å²) >= 11 is 1.67. The van der Waals surface area contributed by atoms with Gasteiger partial charge in [-0.05, 0) is 25.3 Å². The first-order chi connectivity index (χ1) is 8.63. The van der Waals surface area contributed by atoms with Crippen molar-refractivity contribution < 1.29 is 4.79 Å². The molecule has 0 aliphatic carbocycles. The molecule has 0 spiro atoms. The predicted octanol–water partition coefficient (Wildman–Crippen LogP) is 1.47. The van der Waals surface area contributed by atoms with Crippen LogP contribution in [0.15, 0.2) is 17.5 Å². The van der Waals surface area contributed by atoms with Crippen LogP contribution < -0.4 is 10.6 Å². The van der Waals surface area contributed by atoms with Gasteiger partial charge in [0.2, 0.25) is 5.91 Å². The zero-order valence-electron chi connectivity index (χ0n) is 11.4. The molecule has 19 heavy (non-hydrogen) atoms. The van der Waals surface area contributed by atoms with Crippen molar-refractivity contribution in [2.24, 2.45) is 0 Å². The monoisotopic (exact) mass is 303 g/mol. The molecule has 0 saturated carbocycles. The van der Waals surface area contributed by atoms with E-state index in [2.05, 4.69) is 29.4 Å². The van der Waals surface area contributed by atoms with Gasteiger partial charge in [-0.25, -0.2) is 0 Å². The van der Waals surface area contributed by atoms with Gasteiger partial charge in [-0.15, -0.1) is 23.7 Å². The second kappa shape index (κ2) is 7.85. The molecule has 1 fully saturated rings. The molecule has 0 aromatic carbocycles. The average Bonchev–Trinajstić information content (AvgIpc) is 2.77. The maximum Gasteiger partial charge on any atom is 0.234 e. The van der Waals surface area contributed by atoms with Crippen LogP contribution in [0.2, 0.25) is 0 Å². The Morgan fingerprint density at radius 2 is 2.16 bits per heavy atom. The number of carbonyl (C=O) groups excluding carboxylic acids is 1. The second-order valence-electron chi connectivity index (χ2n) is 5.02. The Hall–Kier alpha value is -0.620. The van der Waals surface area contributed by atoms with E-state index in [1.54, 1.807) is 11.3 Å². The van der Waals surface area contributed by atoms with Crippen molar-refractivity contribution in [3.05, 3.63) is 22.4 Å². The molecule has 1 aromatic rings. The van der Waals surface area contributed by atoms with Gasteiger partial charge < -0.3 is 10.6 Å². The summed E-state index contributed by atoms with van der Waals surface area (Å²) in [5.41, 5.74) is 0. The van der Waals surface area contributed by atoms with Crippen LogP contribution in [0.4, 0.5) is 0 Å². The quantitative estimate of drug-likeness (QED) is 0.885. The number of carbonyl (C=O) groups is 1. The summed E-state index contributed by atoms with van der Waals surface area (Å²) in [6.07, 6.45) is 0. The smallest absolute Gasteiger partial charge is 0.234 e. The van der Waals surface area contributed by atoms with E-state index in [1.165, 1.54) is 4.88 Å². The Morgan fingerprint density at radius 3 is 2.74 bits per heavy atom. The summed E-state index contributed by atoms with van der Waals surface area (Å²) in [4.78, 5) is 15.3. The average molecular weight is 304 g/mol. The largest absolute Gasteiger partial charge is 0.350 e. The van der Waals surface area contributed by atoms with E-state index in [0.717, 1.165) is 13.1 Å². The highest BCUT2D eigenvalue weighted by Gasteiger charge is 2.22. The molecule has 1 aliphatic heterocycles. The van der Waals surface area contributed by atoms with Crippen molar-refractivity contribution in [2.75, 3.05) is 19.6 Å². The minimum atomic E-state index is 0. The van der Waals surface area contributed by atoms with Crippen LogP contribution in [0.5, 0.6) is 0 Å². The van der Waals surface area contributed by atoms with Gasteiger partial charge in [0.05, 0.1) is 13.1 Å². The third-order valence-corrected chi connectivity index (χ3v) is 3.92. The Labute approximate surface area is 125 Å². The Kier molecular flexibility index (Phi) is 6.79. The van der Waals surface area contributed by atoms with E-state index in [4.69, 9.17) is 0 Å². The van der Waals surface area contributed by atoms with Gasteiger partial charge in [0.15, 0.2) is 0 Å². The van der Waals surface area contributed by atoms with Gasteiger partial charge in [0.1, 0.15) is 0 Å². The number of amides is 1. The first-order valence-electron chi connectivity index (χ1n) is 6.41. The summed E-state index contributed by atoms with van der Waals surface area (Å²) in [7, 11) is 0. The number of halogens is 1. The van der Waals surface area contributed by atoms with Crippen molar-refractivity contribution >= 4 is 29.7 Å². The van der Waals surface area contributed by atoms with E-state index >= 15 is 0 Å². The fourth-order valence-corrected chi connectivity index (χ4v) is 3.07. The van der Waals surface area contributed by atoms with E-state index < -0.39 is 0 Å². The molecule has 2 heterocycles. The molecule has 1 amide bonds. The topological polar surface area (TPSA) is 44.4 Å². The van der Waals surface area contributed by atoms with E-state index in [9.17, 15) is 4.79 Å². The van der Waals surface area contributed by atoms with E-state index in [-0.39, 0.29) is 18.3 Å². The summed E-state index contributed by atoms with van der Waals surface area (Å²) in [5.74, 6) is 0.115. The molecule has 1 aromatic heterocycles. The fourth-order valence-electron chi connectivity index (χ4n) is 2.43. The van der Waals surface area contributed by atoms with Crippen molar-refractivity contribution in [1.29, 1.82) is 0 Å². The number of piperazine rings is 1. The van der Waals surface area contributed by atoms with Crippen molar-refractivity contribution in [3.8, 4) is 0 Å². The molecule has 4 nitrogen and oxygen atoms in total. The summed E-state index contributed by atoms with van der Waals surface area (Å²) in [6.45, 7) is 7.35. The summed E-state index contributed by atoms with van der Waals surface area (Å²) < 4.78 is 0. The number of nitrogens with one attached hydrogen (secondary N) is 2. The van der Waals surface area contributed by atoms with Crippen LogP contribution in [-0.4, -0.2) is 42.5 Å². The van der Waals surface area contributed by atoms with Crippen LogP contribution in [0, 0.1) is 0 Å². The molecule has 0 bridgehead atoms. The lowest BCUT2D eigenvalue weighted by molar-refractivity contribution is -0.122. The highest BCUT2D eigenvalue weighted by molar-refractivity contribution is 7.09. The van der Waals surface area contributed by atoms with E-state index in [0.29, 0.717) is 25.2 Å². The van der Waals surface area contributed by atoms with E-state index in [1.807, 2.05) is 17.5 Å². The summed E-state index contributed by atoms with van der Waals surface area (Å²) in [6, 6.07) is 4.96. The molecule has 2 unspecified atom stereocenters. The number of hydrogen-bond donors (Lipinski definition) is 2. The Bertz CT molecular complexity index is 375. The molecule has 1 saturated heterocycles. The minimum absolute atomic E-state index is 0. The third-order valence-electron chi connectivity index (χ3n) is 3.04. The zero-order chi connectivity index (χ0) is 13.0. The SMILES string of the molecule is CC1CN(CC(=O)NCc2cccs2)CC(C)N1.Cl. The first-order valence-corrected chi connectivity index (χ1v) is 7.29. The number of hydrogen-bond acceptors (Lipinski definition) is 4. The maximum absolute atomic E-state index is 11.9. The van der Waals surface area contributed by atoms with Crippen molar-refractivity contribution in [3.63, 3.8) is 0 Å². The minimum Gasteiger partial charge on any atom is -0.350 e. The fraction of sp³-hybridized carbons (Fsp3) is 0.615. The maximum atomic E-state index is 11.9. The molecule has 2 rings (SSSR count). The number of nitrogens with zero attached hydrogens (tertiary/aromatic N) is 1. The third kappa shape index (κ3) is 5.48. The molecule has 1 aliphatic rings. The predicted molar refractivity (Wildman–Crippen MR) is 81.9 cm³/mol. The zero-order valence-corrected chi connectivity index (χ0v) is 13.0. The number of rotatable bonds is 4. The normalized spacial score (nSPS) is 23.7. The van der Waals surface area contributed by atoms with Gasteiger partial charge in [-0.3, -0.25) is 9.69 Å². The number of thiophene rings is 1. The lowest BCUT2D eigenvalue weighted by atomic mass is 10.1. The van der Waals surface area contributed by atoms with Crippen LogP contribution >= 0.6 is 23.7 Å². The molecule has 2 N–H and O–H groups in total. The Morgan fingerprint density at radius 1 is 1.47 bits per heavy atom. The van der Waals surface area contributed by atoms with Gasteiger partial charge in [-0.2, -0.15) is 0 Å². The standard InChI is InChI=1S/C13H21N3OS.ClH/c1-10-7-16(8-11(2)15-10)9-13(17)14-6-12-4-3-5-18-12;/h3-5,10-11,15H,6-9H2,1-2H3,(H,14,17);1H. The lowest BCUT2D eigenvalue weighted by Crippen LogP contribution is -2.55. The second-order valence-corrected chi connectivity index (χ2v) is 6.05. The molecule has 0 radical (unpaired) electrons. The van der Waals surface area contributed by atoms with Crippen LogP contribution in [-0.2, 0) is 11.3 Å². The first kappa shape index (κ1) is 16.4. The highest BCUT2D eigenvalue weighted by Crippen LogP contribution is 2.07. The van der Waals surface area contributed by atoms with Gasteiger partial charge >= 0.3 is 0 Å². The lowest BCUT2D eigenvalue weighted by Gasteiger charge is -2.35. The Balaban J connectivity index is 0.00000180. The highest BCUT2D eigenvalue weighted by atomic mass is 35.5. The van der Waals surface area contributed by atoms with Crippen LogP contribution in [0.25, 0.3) is 0 Å². The molecular weight excluding hydrogens is 282 g/mol.